The Morgan fingerprint density at radius 2 is 2.32 bits per heavy atom. The highest BCUT2D eigenvalue weighted by Gasteiger charge is 2.22. The van der Waals surface area contributed by atoms with Crippen LogP contribution in [-0.2, 0) is 4.79 Å². The summed E-state index contributed by atoms with van der Waals surface area (Å²) >= 11 is 0. The molecule has 0 unspecified atom stereocenters. The molecule has 7 heteroatoms. The average molecular weight is 264 g/mol. The van der Waals surface area contributed by atoms with Crippen LogP contribution in [-0.4, -0.2) is 28.5 Å². The number of nitrogen functional groups attached to an aromatic ring is 1. The lowest BCUT2D eigenvalue weighted by molar-refractivity contribution is -0.121. The lowest BCUT2D eigenvalue weighted by Crippen LogP contribution is -2.25. The lowest BCUT2D eigenvalue weighted by atomic mass is 10.3. The second-order valence-electron chi connectivity index (χ2n) is 4.74. The van der Waals surface area contributed by atoms with Crippen molar-refractivity contribution in [2.75, 3.05) is 17.3 Å². The van der Waals surface area contributed by atoms with Gasteiger partial charge in [0.25, 0.3) is 0 Å². The van der Waals surface area contributed by atoms with Crippen molar-refractivity contribution in [2.45, 2.75) is 38.6 Å². The van der Waals surface area contributed by atoms with Crippen LogP contribution in [0.1, 0.15) is 31.2 Å². The number of rotatable bonds is 7. The molecule has 0 radical (unpaired) electrons. The van der Waals surface area contributed by atoms with Gasteiger partial charge in [-0.25, -0.2) is 10.8 Å². The molecule has 7 nitrogen and oxygen atoms in total. The van der Waals surface area contributed by atoms with Crippen LogP contribution in [0.25, 0.3) is 0 Å². The molecule has 0 aliphatic heterocycles. The first-order valence-electron chi connectivity index (χ1n) is 6.52. The highest BCUT2D eigenvalue weighted by molar-refractivity contribution is 5.76. The van der Waals surface area contributed by atoms with Gasteiger partial charge >= 0.3 is 0 Å². The first-order chi connectivity index (χ1) is 9.19. The van der Waals surface area contributed by atoms with E-state index in [0.29, 0.717) is 25.0 Å². The molecule has 0 bridgehead atoms. The summed E-state index contributed by atoms with van der Waals surface area (Å²) in [6.07, 6.45) is 5.26. The van der Waals surface area contributed by atoms with E-state index in [9.17, 15) is 4.79 Å². The van der Waals surface area contributed by atoms with Crippen LogP contribution >= 0.6 is 0 Å². The van der Waals surface area contributed by atoms with Crippen LogP contribution in [0.15, 0.2) is 6.20 Å². The largest absolute Gasteiger partial charge is 0.370 e. The van der Waals surface area contributed by atoms with E-state index in [4.69, 9.17) is 5.84 Å². The number of nitrogens with zero attached hydrogens (tertiary/aromatic N) is 2. The minimum atomic E-state index is 0.132. The molecule has 1 amide bonds. The van der Waals surface area contributed by atoms with Crippen LogP contribution < -0.4 is 21.9 Å². The number of aromatic nitrogens is 2. The van der Waals surface area contributed by atoms with E-state index >= 15 is 0 Å². The molecular weight excluding hydrogens is 244 g/mol. The summed E-state index contributed by atoms with van der Waals surface area (Å²) in [5.41, 5.74) is 3.35. The Hall–Kier alpha value is -1.89. The number of aryl methyl sites for hydroxylation is 1. The molecule has 0 aromatic carbocycles. The fourth-order valence-corrected chi connectivity index (χ4v) is 1.67. The van der Waals surface area contributed by atoms with Gasteiger partial charge in [0.05, 0.1) is 0 Å². The van der Waals surface area contributed by atoms with Gasteiger partial charge in [0, 0.05) is 30.8 Å². The maximum absolute atomic E-state index is 11.5. The van der Waals surface area contributed by atoms with Crippen LogP contribution in [0.4, 0.5) is 11.8 Å². The molecule has 104 valence electrons. The predicted octanol–water partition coefficient (Wildman–Crippen LogP) is 0.541. The molecule has 1 aliphatic rings. The van der Waals surface area contributed by atoms with E-state index in [-0.39, 0.29) is 5.91 Å². The van der Waals surface area contributed by atoms with Crippen molar-refractivity contribution in [3.63, 3.8) is 0 Å². The first-order valence-corrected chi connectivity index (χ1v) is 6.52. The standard InChI is InChI=1S/C12H20N6O/c1-8-7-15-12(18-13)17-11(8)14-6-2-3-10(19)16-9-4-5-9/h7,9H,2-6,13H2,1H3,(H,16,19)(H2,14,15,17,18). The smallest absolute Gasteiger partial charge is 0.239 e. The zero-order chi connectivity index (χ0) is 13.7. The number of nitrogens with one attached hydrogen (secondary N) is 3. The van der Waals surface area contributed by atoms with Crippen molar-refractivity contribution in [1.29, 1.82) is 0 Å². The molecule has 0 atom stereocenters. The fourth-order valence-electron chi connectivity index (χ4n) is 1.67. The van der Waals surface area contributed by atoms with Gasteiger partial charge in [-0.3, -0.25) is 10.2 Å². The Labute approximate surface area is 112 Å². The third-order valence-corrected chi connectivity index (χ3v) is 2.92. The number of anilines is 2. The molecule has 1 aromatic heterocycles. The fraction of sp³-hybridized carbons (Fsp3) is 0.583. The molecule has 0 spiro atoms. The number of hydrazine groups is 1. The van der Waals surface area contributed by atoms with E-state index in [1.807, 2.05) is 6.92 Å². The van der Waals surface area contributed by atoms with E-state index in [1.165, 1.54) is 0 Å². The quantitative estimate of drug-likeness (QED) is 0.325. The van der Waals surface area contributed by atoms with Crippen molar-refractivity contribution in [3.05, 3.63) is 11.8 Å². The molecule has 2 rings (SSSR count). The summed E-state index contributed by atoms with van der Waals surface area (Å²) in [5, 5.41) is 6.15. The zero-order valence-corrected chi connectivity index (χ0v) is 11.1. The molecule has 1 aliphatic carbocycles. The third kappa shape index (κ3) is 4.36. The van der Waals surface area contributed by atoms with Gasteiger partial charge < -0.3 is 10.6 Å². The summed E-state index contributed by atoms with van der Waals surface area (Å²) < 4.78 is 0. The van der Waals surface area contributed by atoms with Gasteiger partial charge in [0.2, 0.25) is 11.9 Å². The number of hydrogen-bond acceptors (Lipinski definition) is 6. The second-order valence-corrected chi connectivity index (χ2v) is 4.74. The topological polar surface area (TPSA) is 105 Å². The number of hydrogen-bond donors (Lipinski definition) is 4. The maximum Gasteiger partial charge on any atom is 0.239 e. The molecule has 0 saturated heterocycles. The van der Waals surface area contributed by atoms with Crippen molar-refractivity contribution in [1.82, 2.24) is 15.3 Å². The molecule has 5 N–H and O–H groups in total. The Morgan fingerprint density at radius 1 is 1.53 bits per heavy atom. The third-order valence-electron chi connectivity index (χ3n) is 2.92. The summed E-state index contributed by atoms with van der Waals surface area (Å²) in [6.45, 7) is 2.61. The first kappa shape index (κ1) is 13.5. The monoisotopic (exact) mass is 264 g/mol. The van der Waals surface area contributed by atoms with E-state index in [1.54, 1.807) is 6.20 Å². The highest BCUT2D eigenvalue weighted by atomic mass is 16.1. The number of carbonyl (C=O) groups excluding carboxylic acids is 1. The van der Waals surface area contributed by atoms with Crippen molar-refractivity contribution in [3.8, 4) is 0 Å². The average Bonchev–Trinajstić information content (AvgIpc) is 3.20. The van der Waals surface area contributed by atoms with Gasteiger partial charge in [-0.15, -0.1) is 0 Å². The minimum Gasteiger partial charge on any atom is -0.370 e. The van der Waals surface area contributed by atoms with Crippen LogP contribution in [0, 0.1) is 6.92 Å². The minimum absolute atomic E-state index is 0.132. The second kappa shape index (κ2) is 6.33. The van der Waals surface area contributed by atoms with Gasteiger partial charge in [0.1, 0.15) is 5.82 Å². The lowest BCUT2D eigenvalue weighted by Gasteiger charge is -2.09. The summed E-state index contributed by atoms with van der Waals surface area (Å²) in [7, 11) is 0. The maximum atomic E-state index is 11.5. The molecule has 1 fully saturated rings. The van der Waals surface area contributed by atoms with Gasteiger partial charge in [0.15, 0.2) is 0 Å². The summed E-state index contributed by atoms with van der Waals surface area (Å²) in [6, 6.07) is 0.433. The number of nitrogens with two attached hydrogens (primary N) is 1. The van der Waals surface area contributed by atoms with Crippen LogP contribution in [0.3, 0.4) is 0 Å². The number of amides is 1. The molecule has 19 heavy (non-hydrogen) atoms. The van der Waals surface area contributed by atoms with Crippen molar-refractivity contribution in [2.24, 2.45) is 5.84 Å². The Bertz CT molecular complexity index is 446. The molecular formula is C12H20N6O. The molecule has 1 heterocycles. The molecule has 1 aromatic rings. The van der Waals surface area contributed by atoms with Gasteiger partial charge in [-0.2, -0.15) is 4.98 Å². The van der Waals surface area contributed by atoms with E-state index in [0.717, 1.165) is 30.6 Å². The Kier molecular flexibility index (Phi) is 4.51. The van der Waals surface area contributed by atoms with Crippen molar-refractivity contribution >= 4 is 17.7 Å². The number of carbonyl (C=O) groups is 1. The highest BCUT2D eigenvalue weighted by Crippen LogP contribution is 2.18. The van der Waals surface area contributed by atoms with Crippen LogP contribution in [0.5, 0.6) is 0 Å². The SMILES string of the molecule is Cc1cnc(NN)nc1NCCCC(=O)NC1CC1. The summed E-state index contributed by atoms with van der Waals surface area (Å²) in [5.74, 6) is 6.51. The van der Waals surface area contributed by atoms with Gasteiger partial charge in [-0.05, 0) is 26.2 Å². The van der Waals surface area contributed by atoms with E-state index < -0.39 is 0 Å². The Morgan fingerprint density at radius 3 is 3.00 bits per heavy atom. The van der Waals surface area contributed by atoms with Crippen LogP contribution in [0.2, 0.25) is 0 Å². The predicted molar refractivity (Wildman–Crippen MR) is 73.5 cm³/mol. The van der Waals surface area contributed by atoms with Crippen molar-refractivity contribution < 1.29 is 4.79 Å². The van der Waals surface area contributed by atoms with E-state index in [2.05, 4.69) is 26.0 Å². The normalized spacial score (nSPS) is 14.0. The zero-order valence-electron chi connectivity index (χ0n) is 11.1. The Balaban J connectivity index is 1.70. The van der Waals surface area contributed by atoms with Gasteiger partial charge in [-0.1, -0.05) is 0 Å². The summed E-state index contributed by atoms with van der Waals surface area (Å²) in [4.78, 5) is 19.7. The molecule has 1 saturated carbocycles.